The van der Waals surface area contributed by atoms with Gasteiger partial charge in [-0.15, -0.1) is 0 Å². The maximum Gasteiger partial charge on any atom is 0.250 e. The second-order valence-corrected chi connectivity index (χ2v) is 10.1. The molecule has 1 aliphatic heterocycles. The Hall–Kier alpha value is -4.37. The molecule has 4 aromatic rings. The maximum absolute atomic E-state index is 14.2. The number of carbonyl (C=O) groups excluding carboxylic acids is 3. The van der Waals surface area contributed by atoms with E-state index in [0.29, 0.717) is 42.6 Å². The average molecular weight is 563 g/mol. The molecule has 5 rings (SSSR count). The Morgan fingerprint density at radius 3 is 2.65 bits per heavy atom. The van der Waals surface area contributed by atoms with E-state index < -0.39 is 17.8 Å². The number of rotatable bonds is 9. The zero-order valence-electron chi connectivity index (χ0n) is 21.6. The minimum atomic E-state index is -0.676. The van der Waals surface area contributed by atoms with Crippen LogP contribution in [0.2, 0.25) is 5.02 Å². The molecule has 40 heavy (non-hydrogen) atoms. The van der Waals surface area contributed by atoms with Crippen LogP contribution in [0.25, 0.3) is 10.9 Å². The Morgan fingerprint density at radius 2 is 1.88 bits per heavy atom. The predicted molar refractivity (Wildman–Crippen MR) is 149 cm³/mol. The number of likely N-dealkylation sites (tertiary alicyclic amines) is 1. The number of nitrogens with one attached hydrogen (secondary N) is 1. The van der Waals surface area contributed by atoms with Crippen molar-refractivity contribution in [3.63, 3.8) is 0 Å². The van der Waals surface area contributed by atoms with Gasteiger partial charge in [-0.05, 0) is 42.7 Å². The molecule has 1 aliphatic rings. The van der Waals surface area contributed by atoms with E-state index in [1.54, 1.807) is 41.1 Å². The van der Waals surface area contributed by atoms with Gasteiger partial charge in [-0.3, -0.25) is 14.4 Å². The van der Waals surface area contributed by atoms with E-state index in [0.717, 1.165) is 5.56 Å². The van der Waals surface area contributed by atoms with Crippen molar-refractivity contribution in [2.75, 3.05) is 6.54 Å². The largest absolute Gasteiger partial charge is 0.489 e. The standard InChI is InChI=1S/C30H28ClFN4O4/c31-24-9-4-8-20(28(24)32)15-34-30(39)26-10-5-13-36(26)27(37)17-35-16-23(29(33)38)22-14-21(11-12-25(22)35)40-18-19-6-2-1-3-7-19/h1-4,6-9,11-12,14,16,26H,5,10,13,15,17-18H2,(H2,33,38)(H,34,39)/t26-/m0/s1. The predicted octanol–water partition coefficient (Wildman–Crippen LogP) is 4.42. The first-order valence-electron chi connectivity index (χ1n) is 12.9. The van der Waals surface area contributed by atoms with Crippen molar-refractivity contribution in [2.24, 2.45) is 5.73 Å². The molecule has 0 aliphatic carbocycles. The second kappa shape index (κ2) is 11.8. The molecular formula is C30H28ClFN4O4. The molecule has 3 aromatic carbocycles. The summed E-state index contributed by atoms with van der Waals surface area (Å²) in [5.41, 5.74) is 7.83. The molecule has 1 saturated heterocycles. The lowest BCUT2D eigenvalue weighted by Gasteiger charge is -2.24. The van der Waals surface area contributed by atoms with Crippen molar-refractivity contribution in [2.45, 2.75) is 38.6 Å². The van der Waals surface area contributed by atoms with Crippen LogP contribution in [0.3, 0.4) is 0 Å². The molecule has 0 bridgehead atoms. The highest BCUT2D eigenvalue weighted by Gasteiger charge is 2.34. The summed E-state index contributed by atoms with van der Waals surface area (Å²) in [6, 6.07) is 18.9. The Kier molecular flexibility index (Phi) is 8.02. The van der Waals surface area contributed by atoms with Crippen molar-refractivity contribution in [3.05, 3.63) is 100 Å². The topological polar surface area (TPSA) is 107 Å². The number of hydrogen-bond donors (Lipinski definition) is 2. The number of halogens is 2. The average Bonchev–Trinajstić information content (AvgIpc) is 3.59. The van der Waals surface area contributed by atoms with Crippen LogP contribution < -0.4 is 15.8 Å². The molecule has 0 saturated carbocycles. The Bertz CT molecular complexity index is 1570. The number of nitrogens with zero attached hydrogens (tertiary/aromatic N) is 2. The molecule has 1 atom stereocenters. The van der Waals surface area contributed by atoms with Crippen molar-refractivity contribution in [1.29, 1.82) is 0 Å². The van der Waals surface area contributed by atoms with Gasteiger partial charge in [0.25, 0.3) is 5.91 Å². The summed E-state index contributed by atoms with van der Waals surface area (Å²) in [5.74, 6) is -1.27. The lowest BCUT2D eigenvalue weighted by molar-refractivity contribution is -0.138. The van der Waals surface area contributed by atoms with Gasteiger partial charge in [0.05, 0.1) is 10.6 Å². The van der Waals surface area contributed by atoms with Crippen LogP contribution in [-0.2, 0) is 29.3 Å². The molecule has 10 heteroatoms. The summed E-state index contributed by atoms with van der Waals surface area (Å²) in [5, 5.41) is 3.28. The third-order valence-corrected chi connectivity index (χ3v) is 7.32. The molecule has 0 unspecified atom stereocenters. The minimum absolute atomic E-state index is 0.0198. The lowest BCUT2D eigenvalue weighted by Crippen LogP contribution is -2.46. The zero-order chi connectivity index (χ0) is 28.2. The number of fused-ring (bicyclic) bond motifs is 1. The molecule has 1 fully saturated rings. The molecular weight excluding hydrogens is 535 g/mol. The van der Waals surface area contributed by atoms with E-state index in [1.165, 1.54) is 11.0 Å². The van der Waals surface area contributed by atoms with Gasteiger partial charge in [0.2, 0.25) is 11.8 Å². The first-order valence-corrected chi connectivity index (χ1v) is 13.3. The molecule has 206 valence electrons. The first kappa shape index (κ1) is 27.2. The van der Waals surface area contributed by atoms with Gasteiger partial charge in [-0.25, -0.2) is 4.39 Å². The van der Waals surface area contributed by atoms with Crippen molar-refractivity contribution >= 4 is 40.2 Å². The van der Waals surface area contributed by atoms with Crippen molar-refractivity contribution in [1.82, 2.24) is 14.8 Å². The number of benzene rings is 3. The smallest absolute Gasteiger partial charge is 0.250 e. The van der Waals surface area contributed by atoms with Gasteiger partial charge in [0.15, 0.2) is 0 Å². The van der Waals surface area contributed by atoms with Gasteiger partial charge in [0.1, 0.15) is 30.8 Å². The lowest BCUT2D eigenvalue weighted by atomic mass is 10.1. The summed E-state index contributed by atoms with van der Waals surface area (Å²) in [7, 11) is 0. The van der Waals surface area contributed by atoms with Crippen LogP contribution in [0.15, 0.2) is 72.9 Å². The first-order chi connectivity index (χ1) is 19.3. The fourth-order valence-electron chi connectivity index (χ4n) is 4.99. The summed E-state index contributed by atoms with van der Waals surface area (Å²) < 4.78 is 21.8. The molecule has 3 amide bonds. The molecule has 3 N–H and O–H groups in total. The molecule has 1 aromatic heterocycles. The number of primary amides is 1. The highest BCUT2D eigenvalue weighted by molar-refractivity contribution is 6.30. The molecule has 0 spiro atoms. The van der Waals surface area contributed by atoms with Crippen LogP contribution >= 0.6 is 11.6 Å². The maximum atomic E-state index is 14.2. The van der Waals surface area contributed by atoms with Gasteiger partial charge < -0.3 is 25.3 Å². The minimum Gasteiger partial charge on any atom is -0.489 e. The Labute approximate surface area is 235 Å². The molecule has 0 radical (unpaired) electrons. The fourth-order valence-corrected chi connectivity index (χ4v) is 5.19. The summed E-state index contributed by atoms with van der Waals surface area (Å²) in [6.07, 6.45) is 2.71. The SMILES string of the molecule is NC(=O)c1cn(CC(=O)N2CCC[C@H]2C(=O)NCc2cccc(Cl)c2F)c2ccc(OCc3ccccc3)cc12. The summed E-state index contributed by atoms with van der Waals surface area (Å²) in [4.78, 5) is 40.1. The van der Waals surface area contributed by atoms with Crippen LogP contribution in [0.1, 0.15) is 34.3 Å². The number of nitrogens with two attached hydrogens (primary N) is 1. The van der Waals surface area contributed by atoms with Crippen LogP contribution in [0.5, 0.6) is 5.75 Å². The van der Waals surface area contributed by atoms with Crippen molar-refractivity contribution in [3.8, 4) is 5.75 Å². The Morgan fingerprint density at radius 1 is 1.07 bits per heavy atom. The van der Waals surface area contributed by atoms with Gasteiger partial charge in [0, 0.05) is 35.8 Å². The Balaban J connectivity index is 1.29. The van der Waals surface area contributed by atoms with Crippen LogP contribution in [0, 0.1) is 5.82 Å². The van der Waals surface area contributed by atoms with E-state index in [2.05, 4.69) is 5.32 Å². The number of amides is 3. The van der Waals surface area contributed by atoms with E-state index in [-0.39, 0.29) is 41.1 Å². The fraction of sp³-hybridized carbons (Fsp3) is 0.233. The quantitative estimate of drug-likeness (QED) is 0.315. The highest BCUT2D eigenvalue weighted by atomic mass is 35.5. The third kappa shape index (κ3) is 5.79. The van der Waals surface area contributed by atoms with Gasteiger partial charge in [-0.2, -0.15) is 0 Å². The van der Waals surface area contributed by atoms with Crippen LogP contribution in [-0.4, -0.2) is 39.8 Å². The van der Waals surface area contributed by atoms with Gasteiger partial charge >= 0.3 is 0 Å². The van der Waals surface area contributed by atoms with Crippen molar-refractivity contribution < 1.29 is 23.5 Å². The molecule has 2 heterocycles. The van der Waals surface area contributed by atoms with E-state index in [1.807, 2.05) is 30.3 Å². The number of ether oxygens (including phenoxy) is 1. The van der Waals surface area contributed by atoms with E-state index in [9.17, 15) is 18.8 Å². The molecule has 8 nitrogen and oxygen atoms in total. The zero-order valence-corrected chi connectivity index (χ0v) is 22.4. The summed E-state index contributed by atoms with van der Waals surface area (Å²) in [6.45, 7) is 0.658. The summed E-state index contributed by atoms with van der Waals surface area (Å²) >= 11 is 5.83. The third-order valence-electron chi connectivity index (χ3n) is 7.03. The normalized spacial score (nSPS) is 14.8. The number of aromatic nitrogens is 1. The van der Waals surface area contributed by atoms with E-state index in [4.69, 9.17) is 22.1 Å². The number of hydrogen-bond acceptors (Lipinski definition) is 4. The monoisotopic (exact) mass is 562 g/mol. The van der Waals surface area contributed by atoms with Crippen LogP contribution in [0.4, 0.5) is 4.39 Å². The second-order valence-electron chi connectivity index (χ2n) is 9.66. The number of carbonyl (C=O) groups is 3. The van der Waals surface area contributed by atoms with E-state index >= 15 is 0 Å². The highest BCUT2D eigenvalue weighted by Crippen LogP contribution is 2.28. The van der Waals surface area contributed by atoms with Gasteiger partial charge in [-0.1, -0.05) is 54.1 Å².